The molecular formula is C22H25IO. The van der Waals surface area contributed by atoms with Gasteiger partial charge in [-0.05, 0) is 88.1 Å². The molecule has 3 rings (SSSR count). The summed E-state index contributed by atoms with van der Waals surface area (Å²) in [6.45, 7) is 11.3. The highest BCUT2D eigenvalue weighted by Gasteiger charge is 2.37. The summed E-state index contributed by atoms with van der Waals surface area (Å²) in [7, 11) is 0. The maximum atomic E-state index is 13.1. The first-order valence-corrected chi connectivity index (χ1v) is 9.66. The molecule has 126 valence electrons. The number of carbonyl (C=O) groups is 1. The van der Waals surface area contributed by atoms with Gasteiger partial charge in [0.05, 0.1) is 0 Å². The van der Waals surface area contributed by atoms with Crippen LogP contribution in [0.4, 0.5) is 0 Å². The lowest BCUT2D eigenvalue weighted by Gasteiger charge is -2.42. The minimum absolute atomic E-state index is 0.124. The van der Waals surface area contributed by atoms with Gasteiger partial charge < -0.3 is 0 Å². The Kier molecular flexibility index (Phi) is 4.40. The van der Waals surface area contributed by atoms with Crippen LogP contribution in [0.5, 0.6) is 0 Å². The van der Waals surface area contributed by atoms with Crippen molar-refractivity contribution in [2.75, 3.05) is 0 Å². The zero-order valence-electron chi connectivity index (χ0n) is 15.2. The van der Waals surface area contributed by atoms with Gasteiger partial charge in [0.1, 0.15) is 0 Å². The molecular weight excluding hydrogens is 407 g/mol. The highest BCUT2D eigenvalue weighted by atomic mass is 127. The smallest absolute Gasteiger partial charge is 0.193 e. The zero-order valence-corrected chi connectivity index (χ0v) is 17.3. The lowest BCUT2D eigenvalue weighted by molar-refractivity contribution is 0.103. The van der Waals surface area contributed by atoms with Crippen molar-refractivity contribution >= 4 is 28.4 Å². The topological polar surface area (TPSA) is 17.1 Å². The largest absolute Gasteiger partial charge is 0.289 e. The van der Waals surface area contributed by atoms with E-state index in [1.165, 1.54) is 17.5 Å². The third kappa shape index (κ3) is 3.05. The fraction of sp³-hybridized carbons (Fsp3) is 0.409. The Hall–Kier alpha value is -1.16. The maximum absolute atomic E-state index is 13.1. The van der Waals surface area contributed by atoms with Gasteiger partial charge in [0, 0.05) is 14.7 Å². The molecule has 0 spiro atoms. The number of rotatable bonds is 2. The molecule has 0 aromatic heterocycles. The van der Waals surface area contributed by atoms with Gasteiger partial charge >= 0.3 is 0 Å². The van der Waals surface area contributed by atoms with Crippen LogP contribution >= 0.6 is 22.6 Å². The van der Waals surface area contributed by atoms with Crippen molar-refractivity contribution in [3.8, 4) is 0 Å². The van der Waals surface area contributed by atoms with E-state index in [1.54, 1.807) is 0 Å². The van der Waals surface area contributed by atoms with Crippen LogP contribution in [0, 0.1) is 10.5 Å². The Morgan fingerprint density at radius 2 is 1.54 bits per heavy atom. The van der Waals surface area contributed by atoms with Crippen LogP contribution < -0.4 is 0 Å². The molecule has 0 saturated heterocycles. The lowest BCUT2D eigenvalue weighted by Crippen LogP contribution is -2.34. The Balaban J connectivity index is 2.16. The first kappa shape index (κ1) is 17.7. The molecule has 1 nitrogen and oxygen atoms in total. The molecule has 2 aromatic carbocycles. The molecule has 2 aromatic rings. The quantitative estimate of drug-likeness (QED) is 0.409. The molecule has 0 atom stereocenters. The molecule has 24 heavy (non-hydrogen) atoms. The maximum Gasteiger partial charge on any atom is 0.193 e. The van der Waals surface area contributed by atoms with Crippen molar-refractivity contribution in [2.45, 2.75) is 58.3 Å². The Morgan fingerprint density at radius 1 is 0.958 bits per heavy atom. The average Bonchev–Trinajstić information content (AvgIpc) is 2.51. The number of ketones is 1. The van der Waals surface area contributed by atoms with Gasteiger partial charge in [-0.1, -0.05) is 45.9 Å². The molecule has 0 fully saturated rings. The fourth-order valence-corrected chi connectivity index (χ4v) is 4.30. The predicted octanol–water partition coefficient (Wildman–Crippen LogP) is 6.18. The van der Waals surface area contributed by atoms with E-state index in [4.69, 9.17) is 0 Å². The van der Waals surface area contributed by atoms with E-state index in [-0.39, 0.29) is 16.6 Å². The molecule has 0 N–H and O–H groups in total. The summed E-state index contributed by atoms with van der Waals surface area (Å²) in [5, 5.41) is 0. The van der Waals surface area contributed by atoms with Crippen LogP contribution in [0.1, 0.15) is 73.1 Å². The van der Waals surface area contributed by atoms with Gasteiger partial charge in [0.25, 0.3) is 0 Å². The van der Waals surface area contributed by atoms with Crippen molar-refractivity contribution in [3.63, 3.8) is 0 Å². The normalized spacial score (nSPS) is 18.1. The minimum atomic E-state index is 0.124. The van der Waals surface area contributed by atoms with Crippen LogP contribution in [-0.4, -0.2) is 5.78 Å². The van der Waals surface area contributed by atoms with Crippen molar-refractivity contribution in [2.24, 2.45) is 0 Å². The van der Waals surface area contributed by atoms with E-state index in [0.29, 0.717) is 0 Å². The van der Waals surface area contributed by atoms with Gasteiger partial charge in [0.2, 0.25) is 0 Å². The number of benzene rings is 2. The second-order valence-corrected chi connectivity index (χ2v) is 9.57. The summed E-state index contributed by atoms with van der Waals surface area (Å²) in [6.07, 6.45) is 2.35. The van der Waals surface area contributed by atoms with Crippen LogP contribution in [0.25, 0.3) is 0 Å². The Labute approximate surface area is 159 Å². The molecule has 0 amide bonds. The van der Waals surface area contributed by atoms with Crippen molar-refractivity contribution in [3.05, 3.63) is 67.8 Å². The van der Waals surface area contributed by atoms with Gasteiger partial charge in [-0.15, -0.1) is 0 Å². The summed E-state index contributed by atoms with van der Waals surface area (Å²) in [6, 6.07) is 12.3. The summed E-state index contributed by atoms with van der Waals surface area (Å²) in [5.41, 5.74) is 5.77. The molecule has 1 aliphatic carbocycles. The summed E-state index contributed by atoms with van der Waals surface area (Å²) < 4.78 is 1.09. The second kappa shape index (κ2) is 5.98. The number of aryl methyl sites for hydroxylation is 1. The van der Waals surface area contributed by atoms with E-state index in [1.807, 2.05) is 24.3 Å². The lowest BCUT2D eigenvalue weighted by atomic mass is 9.62. The van der Waals surface area contributed by atoms with Gasteiger partial charge in [-0.2, -0.15) is 0 Å². The molecule has 0 radical (unpaired) electrons. The summed E-state index contributed by atoms with van der Waals surface area (Å²) in [4.78, 5) is 13.1. The molecule has 0 aliphatic heterocycles. The van der Waals surface area contributed by atoms with E-state index in [2.05, 4.69) is 69.3 Å². The molecule has 0 bridgehead atoms. The first-order chi connectivity index (χ1) is 11.1. The van der Waals surface area contributed by atoms with E-state index in [9.17, 15) is 4.79 Å². The fourth-order valence-electron chi connectivity index (χ4n) is 3.75. The number of halogens is 1. The third-order valence-electron chi connectivity index (χ3n) is 5.53. The van der Waals surface area contributed by atoms with Crippen LogP contribution in [0.3, 0.4) is 0 Å². The van der Waals surface area contributed by atoms with E-state index in [0.717, 1.165) is 26.7 Å². The SMILES string of the molecule is Cc1cc2c(cc1C(=O)c1cccc(I)c1)C(C)(C)CCC2(C)C. The van der Waals surface area contributed by atoms with E-state index < -0.39 is 0 Å². The number of fused-ring (bicyclic) bond motifs is 1. The highest BCUT2D eigenvalue weighted by molar-refractivity contribution is 14.1. The van der Waals surface area contributed by atoms with Crippen molar-refractivity contribution in [1.29, 1.82) is 0 Å². The Bertz CT molecular complexity index is 815. The zero-order chi connectivity index (χ0) is 17.7. The standard InChI is InChI=1S/C22H25IO/c1-14-11-18-19(22(4,5)10-9-21(18,2)3)13-17(14)20(24)15-7-6-8-16(23)12-15/h6-8,11-13H,9-10H2,1-5H3. The summed E-state index contributed by atoms with van der Waals surface area (Å²) >= 11 is 2.26. The molecule has 1 aliphatic rings. The second-order valence-electron chi connectivity index (χ2n) is 8.32. The molecule has 0 unspecified atom stereocenters. The van der Waals surface area contributed by atoms with Gasteiger partial charge in [0.15, 0.2) is 5.78 Å². The number of hydrogen-bond acceptors (Lipinski definition) is 1. The molecule has 0 saturated carbocycles. The van der Waals surface area contributed by atoms with Gasteiger partial charge in [-0.3, -0.25) is 4.79 Å². The minimum Gasteiger partial charge on any atom is -0.289 e. The first-order valence-electron chi connectivity index (χ1n) is 8.58. The number of carbonyl (C=O) groups excluding carboxylic acids is 1. The van der Waals surface area contributed by atoms with Gasteiger partial charge in [-0.25, -0.2) is 0 Å². The third-order valence-corrected chi connectivity index (χ3v) is 6.20. The Morgan fingerprint density at radius 3 is 2.12 bits per heavy atom. The van der Waals surface area contributed by atoms with Crippen molar-refractivity contribution < 1.29 is 4.79 Å². The van der Waals surface area contributed by atoms with E-state index >= 15 is 0 Å². The molecule has 2 heteroatoms. The number of hydrogen-bond donors (Lipinski definition) is 0. The highest BCUT2D eigenvalue weighted by Crippen LogP contribution is 2.46. The monoisotopic (exact) mass is 432 g/mol. The molecule has 0 heterocycles. The van der Waals surface area contributed by atoms with Crippen LogP contribution in [0.2, 0.25) is 0 Å². The predicted molar refractivity (Wildman–Crippen MR) is 109 cm³/mol. The van der Waals surface area contributed by atoms with Crippen molar-refractivity contribution in [1.82, 2.24) is 0 Å². The van der Waals surface area contributed by atoms with Crippen LogP contribution in [-0.2, 0) is 10.8 Å². The average molecular weight is 432 g/mol. The van der Waals surface area contributed by atoms with Crippen LogP contribution in [0.15, 0.2) is 36.4 Å². The summed E-state index contributed by atoms with van der Waals surface area (Å²) in [5.74, 6) is 0.132.